The second-order valence-electron chi connectivity index (χ2n) is 5.56. The van der Waals surface area contributed by atoms with E-state index in [1.165, 1.54) is 12.1 Å². The quantitative estimate of drug-likeness (QED) is 0.769. The van der Waals surface area contributed by atoms with Gasteiger partial charge in [-0.25, -0.2) is 0 Å². The lowest BCUT2D eigenvalue weighted by Gasteiger charge is -2.23. The molecule has 1 aromatic rings. The normalized spacial score (nSPS) is 18.3. The number of amides is 1. The largest absolute Gasteiger partial charge is 0.433 e. The molecule has 2 rings (SSSR count). The molecule has 0 spiro atoms. The minimum absolute atomic E-state index is 0.0471. The molecule has 0 aliphatic carbocycles. The zero-order chi connectivity index (χ0) is 16.7. The van der Waals surface area contributed by atoms with Crippen molar-refractivity contribution in [1.29, 1.82) is 0 Å². The van der Waals surface area contributed by atoms with Gasteiger partial charge in [0.2, 0.25) is 5.91 Å². The van der Waals surface area contributed by atoms with E-state index in [4.69, 9.17) is 5.11 Å². The van der Waals surface area contributed by atoms with E-state index >= 15 is 0 Å². The Bertz CT molecular complexity index is 514. The van der Waals surface area contributed by atoms with E-state index < -0.39 is 6.61 Å². The molecule has 1 aliphatic rings. The Balaban J connectivity index is 1.92. The molecule has 128 valence electrons. The highest BCUT2D eigenvalue weighted by Crippen LogP contribution is 2.26. The van der Waals surface area contributed by atoms with Crippen molar-refractivity contribution >= 4 is 11.6 Å². The summed E-state index contributed by atoms with van der Waals surface area (Å²) in [5.41, 5.74) is 0.240. The molecule has 0 aromatic heterocycles. The number of nitrogens with zero attached hydrogens (tertiary/aromatic N) is 1. The standard InChI is InChI=1S/C16H22F2N2O3/c17-16(18)23-14-8-2-1-7-13(14)19-15(22)11-20-9-3-5-12(20)6-4-10-21/h1-2,7-8,12,16,21H,3-6,9-11H2,(H,19,22). The number of halogens is 2. The molecule has 1 aliphatic heterocycles. The Kier molecular flexibility index (Phi) is 6.73. The van der Waals surface area contributed by atoms with Crippen LogP contribution in [0.25, 0.3) is 0 Å². The number of likely N-dealkylation sites (tertiary alicyclic amines) is 1. The predicted molar refractivity (Wildman–Crippen MR) is 82.6 cm³/mol. The summed E-state index contributed by atoms with van der Waals surface area (Å²) in [5, 5.41) is 11.6. The summed E-state index contributed by atoms with van der Waals surface area (Å²) in [4.78, 5) is 14.3. The maximum absolute atomic E-state index is 12.4. The average Bonchev–Trinajstić information content (AvgIpc) is 2.93. The number of hydrogen-bond acceptors (Lipinski definition) is 4. The second kappa shape index (κ2) is 8.79. The molecule has 23 heavy (non-hydrogen) atoms. The number of aliphatic hydroxyl groups is 1. The highest BCUT2D eigenvalue weighted by atomic mass is 19.3. The van der Waals surface area contributed by atoms with Gasteiger partial charge in [-0.05, 0) is 44.4 Å². The van der Waals surface area contributed by atoms with Crippen molar-refractivity contribution in [2.75, 3.05) is 25.0 Å². The van der Waals surface area contributed by atoms with E-state index in [0.29, 0.717) is 12.5 Å². The van der Waals surface area contributed by atoms with Crippen molar-refractivity contribution < 1.29 is 23.4 Å². The Hall–Kier alpha value is -1.73. The van der Waals surface area contributed by atoms with Gasteiger partial charge < -0.3 is 15.2 Å². The molecular weight excluding hydrogens is 306 g/mol. The highest BCUT2D eigenvalue weighted by Gasteiger charge is 2.26. The predicted octanol–water partition coefficient (Wildman–Crippen LogP) is 2.46. The molecule has 0 radical (unpaired) electrons. The third kappa shape index (κ3) is 5.44. The molecule has 1 unspecified atom stereocenters. The molecule has 0 bridgehead atoms. The number of anilines is 1. The van der Waals surface area contributed by atoms with Crippen LogP contribution in [0.15, 0.2) is 24.3 Å². The van der Waals surface area contributed by atoms with Crippen LogP contribution in [0, 0.1) is 0 Å². The first-order valence-corrected chi connectivity index (χ1v) is 7.78. The van der Waals surface area contributed by atoms with E-state index in [0.717, 1.165) is 25.8 Å². The van der Waals surface area contributed by atoms with E-state index in [9.17, 15) is 13.6 Å². The first-order chi connectivity index (χ1) is 11.1. The molecule has 1 fully saturated rings. The molecule has 1 amide bonds. The summed E-state index contributed by atoms with van der Waals surface area (Å²) in [5.74, 6) is -0.305. The number of carbonyl (C=O) groups is 1. The molecule has 2 N–H and O–H groups in total. The monoisotopic (exact) mass is 328 g/mol. The highest BCUT2D eigenvalue weighted by molar-refractivity contribution is 5.93. The van der Waals surface area contributed by atoms with Gasteiger partial charge in [-0.15, -0.1) is 0 Å². The molecule has 7 heteroatoms. The van der Waals surface area contributed by atoms with Gasteiger partial charge >= 0.3 is 6.61 Å². The lowest BCUT2D eigenvalue weighted by Crippen LogP contribution is -2.37. The number of nitrogens with one attached hydrogen (secondary N) is 1. The van der Waals surface area contributed by atoms with E-state index in [-0.39, 0.29) is 30.5 Å². The van der Waals surface area contributed by atoms with Gasteiger partial charge in [0.1, 0.15) is 5.75 Å². The van der Waals surface area contributed by atoms with Crippen LogP contribution in [0.4, 0.5) is 14.5 Å². The summed E-state index contributed by atoms with van der Waals surface area (Å²) in [7, 11) is 0. The van der Waals surface area contributed by atoms with Gasteiger partial charge in [-0.3, -0.25) is 9.69 Å². The summed E-state index contributed by atoms with van der Waals surface area (Å²) in [6, 6.07) is 6.43. The topological polar surface area (TPSA) is 61.8 Å². The molecule has 5 nitrogen and oxygen atoms in total. The van der Waals surface area contributed by atoms with Crippen LogP contribution in [0.1, 0.15) is 25.7 Å². The fraction of sp³-hybridized carbons (Fsp3) is 0.562. The number of ether oxygens (including phenoxy) is 1. The second-order valence-corrected chi connectivity index (χ2v) is 5.56. The van der Waals surface area contributed by atoms with Crippen molar-refractivity contribution in [2.45, 2.75) is 38.3 Å². The number of para-hydroxylation sites is 2. The minimum Gasteiger partial charge on any atom is -0.433 e. The van der Waals surface area contributed by atoms with Crippen molar-refractivity contribution in [3.05, 3.63) is 24.3 Å². The van der Waals surface area contributed by atoms with Crippen molar-refractivity contribution in [3.8, 4) is 5.75 Å². The van der Waals surface area contributed by atoms with Gasteiger partial charge in [0.05, 0.1) is 12.2 Å². The average molecular weight is 328 g/mol. The number of carbonyl (C=O) groups excluding carboxylic acids is 1. The summed E-state index contributed by atoms with van der Waals surface area (Å²) >= 11 is 0. The molecule has 1 aromatic carbocycles. The maximum Gasteiger partial charge on any atom is 0.387 e. The Labute approximate surface area is 134 Å². The minimum atomic E-state index is -2.94. The van der Waals surface area contributed by atoms with Crippen LogP contribution in [-0.2, 0) is 4.79 Å². The first-order valence-electron chi connectivity index (χ1n) is 7.78. The fourth-order valence-electron chi connectivity index (χ4n) is 2.90. The molecule has 0 saturated carbocycles. The van der Waals surface area contributed by atoms with E-state index in [2.05, 4.69) is 15.0 Å². The third-order valence-electron chi connectivity index (χ3n) is 3.92. The number of rotatable bonds is 8. The summed E-state index contributed by atoms with van der Waals surface area (Å²) in [6.45, 7) is -1.75. The van der Waals surface area contributed by atoms with E-state index in [1.807, 2.05) is 0 Å². The summed E-state index contributed by atoms with van der Waals surface area (Å²) < 4.78 is 29.1. The summed E-state index contributed by atoms with van der Waals surface area (Å²) in [6.07, 6.45) is 3.61. The Morgan fingerprint density at radius 3 is 2.96 bits per heavy atom. The van der Waals surface area contributed by atoms with Crippen LogP contribution >= 0.6 is 0 Å². The van der Waals surface area contributed by atoms with Gasteiger partial charge in [0.25, 0.3) is 0 Å². The van der Waals surface area contributed by atoms with Crippen molar-refractivity contribution in [1.82, 2.24) is 4.90 Å². The zero-order valence-corrected chi connectivity index (χ0v) is 12.9. The van der Waals surface area contributed by atoms with Crippen molar-refractivity contribution in [3.63, 3.8) is 0 Å². The Morgan fingerprint density at radius 2 is 2.22 bits per heavy atom. The van der Waals surface area contributed by atoms with Gasteiger partial charge in [0.15, 0.2) is 0 Å². The first kappa shape index (κ1) is 17.6. The third-order valence-corrected chi connectivity index (χ3v) is 3.92. The van der Waals surface area contributed by atoms with Crippen LogP contribution in [-0.4, -0.2) is 48.3 Å². The van der Waals surface area contributed by atoms with Crippen molar-refractivity contribution in [2.24, 2.45) is 0 Å². The zero-order valence-electron chi connectivity index (χ0n) is 12.9. The van der Waals surface area contributed by atoms with Crippen LogP contribution in [0.5, 0.6) is 5.75 Å². The number of benzene rings is 1. The number of aliphatic hydroxyl groups excluding tert-OH is 1. The van der Waals surface area contributed by atoms with Crippen LogP contribution < -0.4 is 10.1 Å². The smallest absolute Gasteiger partial charge is 0.387 e. The molecule has 1 heterocycles. The van der Waals surface area contributed by atoms with Crippen LogP contribution in [0.3, 0.4) is 0 Å². The molecular formula is C16H22F2N2O3. The lowest BCUT2D eigenvalue weighted by atomic mass is 10.1. The Morgan fingerprint density at radius 1 is 1.43 bits per heavy atom. The maximum atomic E-state index is 12.4. The van der Waals surface area contributed by atoms with Gasteiger partial charge in [-0.1, -0.05) is 12.1 Å². The molecule has 1 saturated heterocycles. The van der Waals surface area contributed by atoms with Gasteiger partial charge in [0, 0.05) is 12.6 Å². The van der Waals surface area contributed by atoms with E-state index in [1.54, 1.807) is 12.1 Å². The molecule has 1 atom stereocenters. The van der Waals surface area contributed by atoms with Gasteiger partial charge in [-0.2, -0.15) is 8.78 Å². The fourth-order valence-corrected chi connectivity index (χ4v) is 2.90. The number of alkyl halides is 2. The SMILES string of the molecule is O=C(CN1CCCC1CCCO)Nc1ccccc1OC(F)F. The lowest BCUT2D eigenvalue weighted by molar-refractivity contribution is -0.117. The number of hydrogen-bond donors (Lipinski definition) is 2. The van der Waals surface area contributed by atoms with Crippen LogP contribution in [0.2, 0.25) is 0 Å².